The van der Waals surface area contributed by atoms with Crippen LogP contribution in [-0.2, 0) is 6.42 Å². The van der Waals surface area contributed by atoms with Crippen molar-refractivity contribution < 1.29 is 0 Å². The second-order valence-corrected chi connectivity index (χ2v) is 5.72. The molecule has 1 atom stereocenters. The molecule has 0 bridgehead atoms. The Balaban J connectivity index is 2.22. The summed E-state index contributed by atoms with van der Waals surface area (Å²) in [6.07, 6.45) is 7.39. The van der Waals surface area contributed by atoms with Gasteiger partial charge < -0.3 is 5.32 Å². The summed E-state index contributed by atoms with van der Waals surface area (Å²) in [7, 11) is 0. The molecule has 2 heterocycles. The minimum absolute atomic E-state index is 0.221. The second kappa shape index (κ2) is 7.31. The average Bonchev–Trinajstić information content (AvgIpc) is 2.91. The first-order valence-corrected chi connectivity index (χ1v) is 7.65. The highest BCUT2D eigenvalue weighted by Gasteiger charge is 2.17. The summed E-state index contributed by atoms with van der Waals surface area (Å²) < 4.78 is 1.99. The molecule has 2 rings (SSSR count). The molecule has 5 heteroatoms. The zero-order valence-electron chi connectivity index (χ0n) is 13.4. The van der Waals surface area contributed by atoms with E-state index in [4.69, 9.17) is 0 Å². The molecule has 0 amide bonds. The topological polar surface area (TPSA) is 55.6 Å². The van der Waals surface area contributed by atoms with Gasteiger partial charge in [0.05, 0.1) is 0 Å². The van der Waals surface area contributed by atoms with Crippen molar-refractivity contribution in [1.29, 1.82) is 0 Å². The van der Waals surface area contributed by atoms with Crippen molar-refractivity contribution >= 4 is 0 Å². The fourth-order valence-corrected chi connectivity index (χ4v) is 2.43. The molecule has 0 saturated carbocycles. The molecule has 1 unspecified atom stereocenters. The van der Waals surface area contributed by atoms with Gasteiger partial charge in [-0.1, -0.05) is 13.0 Å². The third-order valence-corrected chi connectivity index (χ3v) is 3.46. The van der Waals surface area contributed by atoms with E-state index in [1.54, 1.807) is 6.33 Å². The van der Waals surface area contributed by atoms with Crippen molar-refractivity contribution in [3.63, 3.8) is 0 Å². The van der Waals surface area contributed by atoms with Gasteiger partial charge in [-0.25, -0.2) is 9.67 Å². The number of aromatic nitrogens is 4. The fourth-order valence-electron chi connectivity index (χ4n) is 2.43. The lowest BCUT2D eigenvalue weighted by atomic mass is 10.0. The largest absolute Gasteiger partial charge is 0.310 e. The Morgan fingerprint density at radius 3 is 2.76 bits per heavy atom. The number of nitrogens with one attached hydrogen (secondary N) is 1. The Labute approximate surface area is 126 Å². The summed E-state index contributed by atoms with van der Waals surface area (Å²) in [5.41, 5.74) is 2.39. The molecule has 0 aliphatic heterocycles. The predicted molar refractivity (Wildman–Crippen MR) is 84.1 cm³/mol. The third kappa shape index (κ3) is 4.11. The van der Waals surface area contributed by atoms with Gasteiger partial charge in [0, 0.05) is 30.9 Å². The number of rotatable bonds is 7. The van der Waals surface area contributed by atoms with Crippen LogP contribution in [0.1, 0.15) is 56.2 Å². The summed E-state index contributed by atoms with van der Waals surface area (Å²) in [6, 6.07) is 2.74. The van der Waals surface area contributed by atoms with E-state index in [1.165, 1.54) is 11.1 Å². The predicted octanol–water partition coefficient (Wildman–Crippen LogP) is 2.85. The van der Waals surface area contributed by atoms with Crippen molar-refractivity contribution in [2.75, 3.05) is 6.54 Å². The first-order valence-electron chi connectivity index (χ1n) is 7.65. The van der Waals surface area contributed by atoms with Crippen molar-refractivity contribution in [2.45, 2.75) is 52.6 Å². The molecule has 114 valence electrons. The van der Waals surface area contributed by atoms with Crippen molar-refractivity contribution in [3.8, 4) is 0 Å². The molecule has 2 aromatic heterocycles. The maximum Gasteiger partial charge on any atom is 0.138 e. The molecule has 0 spiro atoms. The van der Waals surface area contributed by atoms with Crippen LogP contribution >= 0.6 is 0 Å². The smallest absolute Gasteiger partial charge is 0.138 e. The molecule has 0 aromatic carbocycles. The van der Waals surface area contributed by atoms with Gasteiger partial charge in [0.15, 0.2) is 0 Å². The van der Waals surface area contributed by atoms with Gasteiger partial charge in [0.25, 0.3) is 0 Å². The Morgan fingerprint density at radius 2 is 2.10 bits per heavy atom. The Hall–Kier alpha value is -1.75. The highest BCUT2D eigenvalue weighted by molar-refractivity contribution is 5.21. The summed E-state index contributed by atoms with van der Waals surface area (Å²) in [5, 5.41) is 7.92. The normalized spacial score (nSPS) is 12.8. The van der Waals surface area contributed by atoms with Crippen LogP contribution in [0.3, 0.4) is 0 Å². The molecular weight excluding hydrogens is 262 g/mol. The van der Waals surface area contributed by atoms with E-state index in [0.29, 0.717) is 6.04 Å². The van der Waals surface area contributed by atoms with E-state index < -0.39 is 0 Å². The van der Waals surface area contributed by atoms with E-state index in [2.05, 4.69) is 54.1 Å². The molecule has 21 heavy (non-hydrogen) atoms. The second-order valence-electron chi connectivity index (χ2n) is 5.72. The quantitative estimate of drug-likeness (QED) is 0.851. The van der Waals surface area contributed by atoms with Crippen molar-refractivity contribution in [3.05, 3.63) is 41.7 Å². The molecule has 0 aliphatic carbocycles. The lowest BCUT2D eigenvalue weighted by Gasteiger charge is -2.20. The van der Waals surface area contributed by atoms with Crippen molar-refractivity contribution in [2.24, 2.45) is 0 Å². The highest BCUT2D eigenvalue weighted by Crippen LogP contribution is 2.19. The SMILES string of the molecule is CCCNC(Cc1ncnn1C(C)C)c1cncc(C)c1. The molecule has 0 aliphatic rings. The summed E-state index contributed by atoms with van der Waals surface area (Å²) >= 11 is 0. The van der Waals surface area contributed by atoms with E-state index in [0.717, 1.165) is 25.2 Å². The zero-order valence-corrected chi connectivity index (χ0v) is 13.4. The van der Waals surface area contributed by atoms with Gasteiger partial charge in [-0.3, -0.25) is 4.98 Å². The third-order valence-electron chi connectivity index (χ3n) is 3.46. The Morgan fingerprint density at radius 1 is 1.29 bits per heavy atom. The summed E-state index contributed by atoms with van der Waals surface area (Å²) in [6.45, 7) is 9.48. The van der Waals surface area contributed by atoms with Gasteiger partial charge in [-0.2, -0.15) is 5.10 Å². The van der Waals surface area contributed by atoms with Crippen LogP contribution in [0.2, 0.25) is 0 Å². The molecule has 0 radical (unpaired) electrons. The van der Waals surface area contributed by atoms with E-state index >= 15 is 0 Å². The molecule has 5 nitrogen and oxygen atoms in total. The standard InChI is InChI=1S/C16H25N5/c1-5-6-18-15(14-7-13(4)9-17-10-14)8-16-19-11-20-21(16)12(2)3/h7,9-12,15,18H,5-6,8H2,1-4H3. The minimum atomic E-state index is 0.221. The van der Waals surface area contributed by atoms with Crippen LogP contribution < -0.4 is 5.32 Å². The number of hydrogen-bond acceptors (Lipinski definition) is 4. The molecule has 2 aromatic rings. The Kier molecular flexibility index (Phi) is 5.44. The first kappa shape index (κ1) is 15.6. The van der Waals surface area contributed by atoms with Crippen LogP contribution in [0, 0.1) is 6.92 Å². The van der Waals surface area contributed by atoms with Gasteiger partial charge in [0.1, 0.15) is 12.2 Å². The Bertz CT molecular complexity index is 561. The van der Waals surface area contributed by atoms with Crippen molar-refractivity contribution in [1.82, 2.24) is 25.1 Å². The number of pyridine rings is 1. The summed E-state index contributed by atoms with van der Waals surface area (Å²) in [4.78, 5) is 8.74. The summed E-state index contributed by atoms with van der Waals surface area (Å²) in [5.74, 6) is 1.01. The first-order chi connectivity index (χ1) is 10.1. The molecule has 1 N–H and O–H groups in total. The maximum atomic E-state index is 4.42. The van der Waals surface area contributed by atoms with Gasteiger partial charge in [0.2, 0.25) is 0 Å². The van der Waals surface area contributed by atoms with Gasteiger partial charge in [-0.05, 0) is 44.9 Å². The van der Waals surface area contributed by atoms with E-state index in [-0.39, 0.29) is 6.04 Å². The van der Waals surface area contributed by atoms with Crippen LogP contribution in [0.25, 0.3) is 0 Å². The van der Waals surface area contributed by atoms with E-state index in [9.17, 15) is 0 Å². The maximum absolute atomic E-state index is 4.42. The average molecular weight is 287 g/mol. The molecular formula is C16H25N5. The van der Waals surface area contributed by atoms with Crippen LogP contribution in [0.4, 0.5) is 0 Å². The number of nitrogens with zero attached hydrogens (tertiary/aromatic N) is 4. The fraction of sp³-hybridized carbons (Fsp3) is 0.562. The van der Waals surface area contributed by atoms with E-state index in [1.807, 2.05) is 17.1 Å². The van der Waals surface area contributed by atoms with Crippen LogP contribution in [-0.4, -0.2) is 26.3 Å². The van der Waals surface area contributed by atoms with Crippen LogP contribution in [0.5, 0.6) is 0 Å². The zero-order chi connectivity index (χ0) is 15.2. The monoisotopic (exact) mass is 287 g/mol. The lowest BCUT2D eigenvalue weighted by Crippen LogP contribution is -2.26. The highest BCUT2D eigenvalue weighted by atomic mass is 15.3. The number of aryl methyl sites for hydroxylation is 1. The lowest BCUT2D eigenvalue weighted by molar-refractivity contribution is 0.462. The van der Waals surface area contributed by atoms with Gasteiger partial charge >= 0.3 is 0 Å². The number of hydrogen-bond donors (Lipinski definition) is 1. The van der Waals surface area contributed by atoms with Gasteiger partial charge in [-0.15, -0.1) is 0 Å². The minimum Gasteiger partial charge on any atom is -0.310 e. The van der Waals surface area contributed by atoms with Crippen LogP contribution in [0.15, 0.2) is 24.8 Å². The molecule has 0 fully saturated rings. The molecule has 0 saturated heterocycles.